The van der Waals surface area contributed by atoms with E-state index in [0.717, 1.165) is 37.6 Å². The molecule has 1 saturated heterocycles. The zero-order valence-corrected chi connectivity index (χ0v) is 12.2. The van der Waals surface area contributed by atoms with Gasteiger partial charge in [-0.15, -0.1) is 0 Å². The third kappa shape index (κ3) is 3.20. The van der Waals surface area contributed by atoms with Crippen LogP contribution in [0.4, 0.5) is 5.82 Å². The minimum atomic E-state index is 0.401. The van der Waals surface area contributed by atoms with Gasteiger partial charge in [0.2, 0.25) is 0 Å². The van der Waals surface area contributed by atoms with Crippen LogP contribution in [-0.2, 0) is 4.74 Å². The first-order chi connectivity index (χ1) is 10.2. The standard InChI is InChI=1S/C16H20N4O/c1-12(20-6-8-21-9-7-20)13-2-4-14(5-3-13)15-10-16(17)19-11-18-15/h2-5,10-12H,6-9H2,1H3,(H2,17,18,19)/t12-/m1/s1. The van der Waals surface area contributed by atoms with E-state index in [1.54, 1.807) is 6.07 Å². The van der Waals surface area contributed by atoms with Crippen LogP contribution in [0.25, 0.3) is 11.3 Å². The topological polar surface area (TPSA) is 64.3 Å². The van der Waals surface area contributed by atoms with Gasteiger partial charge in [0, 0.05) is 30.8 Å². The van der Waals surface area contributed by atoms with Gasteiger partial charge < -0.3 is 10.5 Å². The third-order valence-corrected chi connectivity index (χ3v) is 3.97. The molecule has 2 aromatic rings. The van der Waals surface area contributed by atoms with E-state index in [1.807, 2.05) is 0 Å². The van der Waals surface area contributed by atoms with Gasteiger partial charge in [0.1, 0.15) is 12.1 Å². The summed E-state index contributed by atoms with van der Waals surface area (Å²) in [5.74, 6) is 0.491. The van der Waals surface area contributed by atoms with Gasteiger partial charge in [0.05, 0.1) is 18.9 Å². The summed E-state index contributed by atoms with van der Waals surface area (Å²) < 4.78 is 5.41. The lowest BCUT2D eigenvalue weighted by Crippen LogP contribution is -2.37. The Morgan fingerprint density at radius 1 is 1.14 bits per heavy atom. The molecular weight excluding hydrogens is 264 g/mol. The average Bonchev–Trinajstić information content (AvgIpc) is 2.55. The minimum absolute atomic E-state index is 0.401. The number of morpholine rings is 1. The highest BCUT2D eigenvalue weighted by atomic mass is 16.5. The monoisotopic (exact) mass is 284 g/mol. The predicted molar refractivity (Wildman–Crippen MR) is 82.7 cm³/mol. The van der Waals surface area contributed by atoms with Crippen molar-refractivity contribution in [2.45, 2.75) is 13.0 Å². The van der Waals surface area contributed by atoms with E-state index in [0.29, 0.717) is 11.9 Å². The molecule has 0 bridgehead atoms. The van der Waals surface area contributed by atoms with Crippen molar-refractivity contribution in [3.63, 3.8) is 0 Å². The van der Waals surface area contributed by atoms with E-state index >= 15 is 0 Å². The molecule has 0 amide bonds. The molecule has 0 radical (unpaired) electrons. The molecule has 1 aromatic heterocycles. The summed E-state index contributed by atoms with van der Waals surface area (Å²) in [5.41, 5.74) is 8.92. The summed E-state index contributed by atoms with van der Waals surface area (Å²) in [5, 5.41) is 0. The van der Waals surface area contributed by atoms with Crippen LogP contribution < -0.4 is 5.73 Å². The molecule has 2 heterocycles. The summed E-state index contributed by atoms with van der Waals surface area (Å²) in [4.78, 5) is 10.6. The summed E-state index contributed by atoms with van der Waals surface area (Å²) >= 11 is 0. The third-order valence-electron chi connectivity index (χ3n) is 3.97. The smallest absolute Gasteiger partial charge is 0.127 e. The maximum atomic E-state index is 5.70. The molecule has 110 valence electrons. The van der Waals surface area contributed by atoms with Crippen LogP contribution in [-0.4, -0.2) is 41.2 Å². The molecule has 1 atom stereocenters. The molecule has 1 fully saturated rings. The van der Waals surface area contributed by atoms with Gasteiger partial charge in [0.15, 0.2) is 0 Å². The van der Waals surface area contributed by atoms with E-state index in [1.165, 1.54) is 11.9 Å². The zero-order valence-electron chi connectivity index (χ0n) is 12.2. The predicted octanol–water partition coefficient (Wildman–Crippen LogP) is 2.12. The van der Waals surface area contributed by atoms with Crippen molar-refractivity contribution in [1.29, 1.82) is 0 Å². The lowest BCUT2D eigenvalue weighted by atomic mass is 10.0. The summed E-state index contributed by atoms with van der Waals surface area (Å²) in [6, 6.07) is 10.7. The normalized spacial score (nSPS) is 17.6. The number of anilines is 1. The molecule has 1 aliphatic heterocycles. The quantitative estimate of drug-likeness (QED) is 0.935. The number of nitrogens with zero attached hydrogens (tertiary/aromatic N) is 3. The van der Waals surface area contributed by atoms with E-state index < -0.39 is 0 Å². The van der Waals surface area contributed by atoms with Crippen LogP contribution in [0.3, 0.4) is 0 Å². The van der Waals surface area contributed by atoms with E-state index in [9.17, 15) is 0 Å². The van der Waals surface area contributed by atoms with Crippen molar-refractivity contribution in [2.24, 2.45) is 0 Å². The van der Waals surface area contributed by atoms with E-state index in [4.69, 9.17) is 10.5 Å². The molecule has 5 nitrogen and oxygen atoms in total. The Labute approximate surface area is 124 Å². The van der Waals surface area contributed by atoms with Gasteiger partial charge in [0.25, 0.3) is 0 Å². The van der Waals surface area contributed by atoms with Crippen LogP contribution in [0.5, 0.6) is 0 Å². The summed E-state index contributed by atoms with van der Waals surface area (Å²) in [6.07, 6.45) is 1.49. The minimum Gasteiger partial charge on any atom is -0.384 e. The van der Waals surface area contributed by atoms with Crippen molar-refractivity contribution in [1.82, 2.24) is 14.9 Å². The lowest BCUT2D eigenvalue weighted by molar-refractivity contribution is 0.0198. The van der Waals surface area contributed by atoms with Crippen LogP contribution in [0.15, 0.2) is 36.7 Å². The summed E-state index contributed by atoms with van der Waals surface area (Å²) in [7, 11) is 0. The first kappa shape index (κ1) is 14.0. The van der Waals surface area contributed by atoms with Crippen molar-refractivity contribution >= 4 is 5.82 Å². The first-order valence-electron chi connectivity index (χ1n) is 7.24. The van der Waals surface area contributed by atoms with Crippen LogP contribution in [0.2, 0.25) is 0 Å². The number of nitrogens with two attached hydrogens (primary N) is 1. The van der Waals surface area contributed by atoms with Crippen molar-refractivity contribution in [2.75, 3.05) is 32.0 Å². The second-order valence-electron chi connectivity index (χ2n) is 5.27. The van der Waals surface area contributed by atoms with Gasteiger partial charge in [-0.25, -0.2) is 9.97 Å². The van der Waals surface area contributed by atoms with Gasteiger partial charge in [-0.2, -0.15) is 0 Å². The Morgan fingerprint density at radius 3 is 2.52 bits per heavy atom. The fourth-order valence-corrected chi connectivity index (χ4v) is 2.64. The molecule has 0 spiro atoms. The lowest BCUT2D eigenvalue weighted by Gasteiger charge is -2.32. The zero-order chi connectivity index (χ0) is 14.7. The highest BCUT2D eigenvalue weighted by molar-refractivity contribution is 5.61. The average molecular weight is 284 g/mol. The molecule has 1 aliphatic rings. The second kappa shape index (κ2) is 6.20. The molecule has 5 heteroatoms. The number of ether oxygens (including phenoxy) is 1. The molecule has 1 aromatic carbocycles. The highest BCUT2D eigenvalue weighted by Crippen LogP contribution is 2.24. The molecule has 3 rings (SSSR count). The number of benzene rings is 1. The SMILES string of the molecule is C[C@H](c1ccc(-c2cc(N)ncn2)cc1)N1CCOCC1. The van der Waals surface area contributed by atoms with Gasteiger partial charge in [-0.05, 0) is 12.5 Å². The van der Waals surface area contributed by atoms with Crippen LogP contribution in [0.1, 0.15) is 18.5 Å². The fourth-order valence-electron chi connectivity index (χ4n) is 2.64. The van der Waals surface area contributed by atoms with Crippen LogP contribution >= 0.6 is 0 Å². The molecule has 0 unspecified atom stereocenters. The Morgan fingerprint density at radius 2 is 1.86 bits per heavy atom. The molecule has 0 aliphatic carbocycles. The Bertz CT molecular complexity index is 593. The second-order valence-corrected chi connectivity index (χ2v) is 5.27. The maximum Gasteiger partial charge on any atom is 0.127 e. The van der Waals surface area contributed by atoms with E-state index in [2.05, 4.69) is 46.1 Å². The van der Waals surface area contributed by atoms with Gasteiger partial charge in [-0.1, -0.05) is 24.3 Å². The van der Waals surface area contributed by atoms with E-state index in [-0.39, 0.29) is 0 Å². The highest BCUT2D eigenvalue weighted by Gasteiger charge is 2.18. The fraction of sp³-hybridized carbons (Fsp3) is 0.375. The number of nitrogen functional groups attached to an aromatic ring is 1. The molecule has 2 N–H and O–H groups in total. The molecule has 0 saturated carbocycles. The largest absolute Gasteiger partial charge is 0.384 e. The maximum absolute atomic E-state index is 5.70. The Balaban J connectivity index is 1.77. The van der Waals surface area contributed by atoms with Gasteiger partial charge >= 0.3 is 0 Å². The van der Waals surface area contributed by atoms with Crippen molar-refractivity contribution in [3.8, 4) is 11.3 Å². The van der Waals surface area contributed by atoms with Crippen molar-refractivity contribution in [3.05, 3.63) is 42.2 Å². The Hall–Kier alpha value is -1.98. The summed E-state index contributed by atoms with van der Waals surface area (Å²) in [6.45, 7) is 5.87. The number of aromatic nitrogens is 2. The number of hydrogen-bond donors (Lipinski definition) is 1. The Kier molecular flexibility index (Phi) is 4.13. The molecular formula is C16H20N4O. The number of hydrogen-bond acceptors (Lipinski definition) is 5. The van der Waals surface area contributed by atoms with Crippen LogP contribution in [0, 0.1) is 0 Å². The van der Waals surface area contributed by atoms with Gasteiger partial charge in [-0.3, -0.25) is 4.90 Å². The molecule has 21 heavy (non-hydrogen) atoms. The number of rotatable bonds is 3. The first-order valence-corrected chi connectivity index (χ1v) is 7.24. The van der Waals surface area contributed by atoms with Crippen molar-refractivity contribution < 1.29 is 4.74 Å².